The van der Waals surface area contributed by atoms with Crippen LogP contribution in [0, 0.1) is 12.3 Å². The summed E-state index contributed by atoms with van der Waals surface area (Å²) in [6, 6.07) is 0. The summed E-state index contributed by atoms with van der Waals surface area (Å²) >= 11 is 1.65. The molecule has 106 valence electrons. The Labute approximate surface area is 119 Å². The molecule has 5 heteroatoms. The molecule has 0 aromatic carbocycles. The maximum absolute atomic E-state index is 12.7. The van der Waals surface area contributed by atoms with Crippen LogP contribution in [0.25, 0.3) is 0 Å². The van der Waals surface area contributed by atoms with Gasteiger partial charge in [0.1, 0.15) is 0 Å². The number of carbonyl (C=O) groups is 1. The first-order valence-corrected chi connectivity index (χ1v) is 7.76. The number of aromatic nitrogens is 1. The van der Waals surface area contributed by atoms with E-state index in [1.54, 1.807) is 11.3 Å². The molecule has 1 amide bonds. The number of rotatable bonds is 4. The second-order valence-corrected chi connectivity index (χ2v) is 6.87. The van der Waals surface area contributed by atoms with E-state index in [2.05, 4.69) is 4.98 Å². The molecule has 0 atom stereocenters. The number of nitrogens with two attached hydrogens (primary N) is 1. The van der Waals surface area contributed by atoms with Gasteiger partial charge in [-0.05, 0) is 19.8 Å². The number of amides is 1. The Hall–Kier alpha value is -0.940. The number of thiazole rings is 1. The number of hydrogen-bond acceptors (Lipinski definition) is 4. The molecular formula is C14H23N3OS. The molecule has 1 heterocycles. The van der Waals surface area contributed by atoms with E-state index in [1.807, 2.05) is 25.1 Å². The topological polar surface area (TPSA) is 59.2 Å². The highest BCUT2D eigenvalue weighted by Crippen LogP contribution is 2.37. The summed E-state index contributed by atoms with van der Waals surface area (Å²) in [6.45, 7) is 3.10. The molecule has 0 aliphatic heterocycles. The number of aryl methyl sites for hydroxylation is 1. The van der Waals surface area contributed by atoms with Gasteiger partial charge in [-0.2, -0.15) is 0 Å². The third-order valence-electron chi connectivity index (χ3n) is 4.06. The summed E-state index contributed by atoms with van der Waals surface area (Å²) in [5.41, 5.74) is 5.60. The van der Waals surface area contributed by atoms with Gasteiger partial charge in [0.05, 0.1) is 17.0 Å². The van der Waals surface area contributed by atoms with Gasteiger partial charge in [-0.15, -0.1) is 11.3 Å². The van der Waals surface area contributed by atoms with Crippen LogP contribution in [0.15, 0.2) is 6.20 Å². The van der Waals surface area contributed by atoms with Crippen molar-refractivity contribution in [2.45, 2.75) is 45.6 Å². The second kappa shape index (κ2) is 6.01. The van der Waals surface area contributed by atoms with Crippen molar-refractivity contribution < 1.29 is 4.79 Å². The lowest BCUT2D eigenvalue weighted by molar-refractivity contribution is -0.142. The van der Waals surface area contributed by atoms with Gasteiger partial charge in [-0.3, -0.25) is 4.79 Å². The van der Waals surface area contributed by atoms with Crippen LogP contribution in [0.5, 0.6) is 0 Å². The standard InChI is InChI=1S/C14H23N3OS/c1-11-16-8-12(19-11)9-17(2)13(18)14(10-15)6-4-3-5-7-14/h8H,3-7,9-10,15H2,1-2H3. The highest BCUT2D eigenvalue weighted by atomic mass is 32.1. The Morgan fingerprint density at radius 1 is 1.47 bits per heavy atom. The van der Waals surface area contributed by atoms with Gasteiger partial charge in [0.15, 0.2) is 0 Å². The Bertz CT molecular complexity index is 438. The van der Waals surface area contributed by atoms with E-state index in [9.17, 15) is 4.79 Å². The molecule has 1 aromatic rings. The summed E-state index contributed by atoms with van der Waals surface area (Å²) in [6.07, 6.45) is 7.21. The Balaban J connectivity index is 2.04. The quantitative estimate of drug-likeness (QED) is 0.921. The Morgan fingerprint density at radius 3 is 2.68 bits per heavy atom. The molecule has 0 radical (unpaired) electrons. The third kappa shape index (κ3) is 3.15. The van der Waals surface area contributed by atoms with E-state index in [0.717, 1.165) is 35.6 Å². The molecule has 1 aromatic heterocycles. The summed E-state index contributed by atoms with van der Waals surface area (Å²) in [4.78, 5) is 19.9. The van der Waals surface area contributed by atoms with Crippen molar-refractivity contribution in [1.29, 1.82) is 0 Å². The SMILES string of the molecule is Cc1ncc(CN(C)C(=O)C2(CN)CCCCC2)s1. The smallest absolute Gasteiger partial charge is 0.230 e. The van der Waals surface area contributed by atoms with Gasteiger partial charge in [0, 0.05) is 24.7 Å². The molecule has 1 saturated carbocycles. The number of carbonyl (C=O) groups excluding carboxylic acids is 1. The molecule has 0 unspecified atom stereocenters. The van der Waals surface area contributed by atoms with Crippen molar-refractivity contribution >= 4 is 17.2 Å². The number of hydrogen-bond donors (Lipinski definition) is 1. The predicted molar refractivity (Wildman–Crippen MR) is 77.9 cm³/mol. The zero-order chi connectivity index (χ0) is 13.9. The average Bonchev–Trinajstić information content (AvgIpc) is 2.84. The van der Waals surface area contributed by atoms with Gasteiger partial charge < -0.3 is 10.6 Å². The third-order valence-corrected chi connectivity index (χ3v) is 4.96. The van der Waals surface area contributed by atoms with Crippen LogP contribution in [0.4, 0.5) is 0 Å². The minimum atomic E-state index is -0.313. The lowest BCUT2D eigenvalue weighted by Gasteiger charge is -2.37. The lowest BCUT2D eigenvalue weighted by Crippen LogP contribution is -2.47. The van der Waals surface area contributed by atoms with Gasteiger partial charge in [0.25, 0.3) is 0 Å². The molecule has 4 nitrogen and oxygen atoms in total. The van der Waals surface area contributed by atoms with Crippen molar-refractivity contribution in [3.63, 3.8) is 0 Å². The molecule has 1 fully saturated rings. The van der Waals surface area contributed by atoms with E-state index < -0.39 is 0 Å². The van der Waals surface area contributed by atoms with Crippen molar-refractivity contribution in [2.24, 2.45) is 11.1 Å². The largest absolute Gasteiger partial charge is 0.340 e. The Kier molecular flexibility index (Phi) is 4.58. The molecule has 2 N–H and O–H groups in total. The minimum absolute atomic E-state index is 0.209. The van der Waals surface area contributed by atoms with Crippen LogP contribution in [0.2, 0.25) is 0 Å². The fourth-order valence-electron chi connectivity index (χ4n) is 2.92. The first kappa shape index (κ1) is 14.5. The van der Waals surface area contributed by atoms with Gasteiger partial charge in [-0.25, -0.2) is 4.98 Å². The van der Waals surface area contributed by atoms with Gasteiger partial charge in [-0.1, -0.05) is 19.3 Å². The highest BCUT2D eigenvalue weighted by molar-refractivity contribution is 7.11. The van der Waals surface area contributed by atoms with E-state index in [0.29, 0.717) is 13.1 Å². The predicted octanol–water partition coefficient (Wildman–Crippen LogP) is 2.32. The fourth-order valence-corrected chi connectivity index (χ4v) is 3.77. The lowest BCUT2D eigenvalue weighted by atomic mass is 9.73. The zero-order valence-corrected chi connectivity index (χ0v) is 12.6. The van der Waals surface area contributed by atoms with E-state index in [-0.39, 0.29) is 11.3 Å². The molecule has 1 aliphatic rings. The summed E-state index contributed by atoms with van der Waals surface area (Å²) in [7, 11) is 1.88. The van der Waals surface area contributed by atoms with Crippen molar-refractivity contribution in [2.75, 3.05) is 13.6 Å². The van der Waals surface area contributed by atoms with E-state index in [1.165, 1.54) is 6.42 Å². The molecular weight excluding hydrogens is 258 g/mol. The first-order valence-electron chi connectivity index (χ1n) is 6.94. The summed E-state index contributed by atoms with van der Waals surface area (Å²) in [5.74, 6) is 0.209. The summed E-state index contributed by atoms with van der Waals surface area (Å²) < 4.78 is 0. The van der Waals surface area contributed by atoms with E-state index in [4.69, 9.17) is 5.73 Å². The maximum Gasteiger partial charge on any atom is 0.230 e. The van der Waals surface area contributed by atoms with Gasteiger partial charge >= 0.3 is 0 Å². The monoisotopic (exact) mass is 281 g/mol. The van der Waals surface area contributed by atoms with Crippen LogP contribution in [0.1, 0.15) is 42.0 Å². The summed E-state index contributed by atoms with van der Waals surface area (Å²) in [5, 5.41) is 1.04. The Morgan fingerprint density at radius 2 is 2.16 bits per heavy atom. The molecule has 19 heavy (non-hydrogen) atoms. The molecule has 0 saturated heterocycles. The van der Waals surface area contributed by atoms with Crippen LogP contribution in [-0.4, -0.2) is 29.4 Å². The molecule has 2 rings (SSSR count). The first-order chi connectivity index (χ1) is 9.07. The molecule has 0 bridgehead atoms. The van der Waals surface area contributed by atoms with Crippen LogP contribution >= 0.6 is 11.3 Å². The average molecular weight is 281 g/mol. The van der Waals surface area contributed by atoms with Crippen LogP contribution < -0.4 is 5.73 Å². The highest BCUT2D eigenvalue weighted by Gasteiger charge is 2.39. The second-order valence-electron chi connectivity index (χ2n) is 5.55. The van der Waals surface area contributed by atoms with Gasteiger partial charge in [0.2, 0.25) is 5.91 Å². The normalized spacial score (nSPS) is 18.3. The van der Waals surface area contributed by atoms with Crippen molar-refractivity contribution in [3.8, 4) is 0 Å². The molecule has 0 spiro atoms. The number of nitrogens with zero attached hydrogens (tertiary/aromatic N) is 2. The van der Waals surface area contributed by atoms with E-state index >= 15 is 0 Å². The minimum Gasteiger partial charge on any atom is -0.340 e. The zero-order valence-electron chi connectivity index (χ0n) is 11.8. The van der Waals surface area contributed by atoms with Crippen molar-refractivity contribution in [3.05, 3.63) is 16.1 Å². The van der Waals surface area contributed by atoms with Crippen LogP contribution in [0.3, 0.4) is 0 Å². The fraction of sp³-hybridized carbons (Fsp3) is 0.714. The van der Waals surface area contributed by atoms with Crippen molar-refractivity contribution in [1.82, 2.24) is 9.88 Å². The van der Waals surface area contributed by atoms with Crippen LogP contribution in [-0.2, 0) is 11.3 Å². The molecule has 1 aliphatic carbocycles. The maximum atomic E-state index is 12.7.